The van der Waals surface area contributed by atoms with Crippen molar-refractivity contribution in [1.82, 2.24) is 9.47 Å². The summed E-state index contributed by atoms with van der Waals surface area (Å²) in [5, 5.41) is 19.1. The van der Waals surface area contributed by atoms with Crippen molar-refractivity contribution in [3.8, 4) is 5.75 Å². The molecule has 0 spiro atoms. The lowest BCUT2D eigenvalue weighted by atomic mass is 10.1. The highest BCUT2D eigenvalue weighted by Crippen LogP contribution is 2.20. The molecule has 0 bridgehead atoms. The highest BCUT2D eigenvalue weighted by atomic mass is 16.3. The maximum Gasteiger partial charge on any atom is 0.223 e. The molecule has 0 radical (unpaired) electrons. The van der Waals surface area contributed by atoms with Gasteiger partial charge in [0.15, 0.2) is 5.75 Å². The molecule has 0 saturated carbocycles. The van der Waals surface area contributed by atoms with Crippen molar-refractivity contribution in [3.63, 3.8) is 0 Å². The number of nitrogens with zero attached hydrogens (tertiary/aromatic N) is 2. The Kier molecular flexibility index (Phi) is 6.46. The largest absolute Gasteiger partial charge is 0.503 e. The maximum absolute atomic E-state index is 11.9. The Morgan fingerprint density at radius 1 is 1.14 bits per heavy atom. The number of aliphatic hydroxyl groups is 1. The van der Waals surface area contributed by atoms with Crippen LogP contribution in [0.5, 0.6) is 5.75 Å². The Morgan fingerprint density at radius 3 is 2.55 bits per heavy atom. The summed E-state index contributed by atoms with van der Waals surface area (Å²) in [6, 6.07) is 1.51. The number of aliphatic hydroxyl groups excluding tert-OH is 1. The third kappa shape index (κ3) is 4.34. The zero-order valence-corrected chi connectivity index (χ0v) is 13.6. The molecule has 5 heteroatoms. The third-order valence-electron chi connectivity index (χ3n) is 4.46. The van der Waals surface area contributed by atoms with Crippen LogP contribution >= 0.6 is 0 Å². The number of pyridine rings is 1. The lowest BCUT2D eigenvalue weighted by molar-refractivity contribution is 0.211. The molecule has 1 saturated heterocycles. The molecule has 22 heavy (non-hydrogen) atoms. The van der Waals surface area contributed by atoms with E-state index in [0.29, 0.717) is 6.54 Å². The molecular formula is C17H28N2O3. The third-order valence-corrected chi connectivity index (χ3v) is 4.46. The monoisotopic (exact) mass is 308 g/mol. The van der Waals surface area contributed by atoms with Crippen molar-refractivity contribution >= 4 is 0 Å². The van der Waals surface area contributed by atoms with E-state index in [4.69, 9.17) is 5.11 Å². The Morgan fingerprint density at radius 2 is 1.86 bits per heavy atom. The minimum atomic E-state index is -0.281. The van der Waals surface area contributed by atoms with Crippen LogP contribution in [-0.2, 0) is 13.1 Å². The summed E-state index contributed by atoms with van der Waals surface area (Å²) in [5.41, 5.74) is 1.37. The Balaban J connectivity index is 2.18. The van der Waals surface area contributed by atoms with E-state index >= 15 is 0 Å². The molecule has 1 aromatic rings. The highest BCUT2D eigenvalue weighted by molar-refractivity contribution is 5.29. The van der Waals surface area contributed by atoms with Gasteiger partial charge in [0.05, 0.1) is 5.69 Å². The molecule has 0 amide bonds. The van der Waals surface area contributed by atoms with Crippen LogP contribution in [0.3, 0.4) is 0 Å². The second-order valence-corrected chi connectivity index (χ2v) is 6.22. The quantitative estimate of drug-likeness (QED) is 0.756. The smallest absolute Gasteiger partial charge is 0.223 e. The number of likely N-dealkylation sites (tertiary alicyclic amines) is 1. The van der Waals surface area contributed by atoms with Crippen LogP contribution in [0.25, 0.3) is 0 Å². The van der Waals surface area contributed by atoms with E-state index in [9.17, 15) is 9.90 Å². The second-order valence-electron chi connectivity index (χ2n) is 6.22. The summed E-state index contributed by atoms with van der Waals surface area (Å²) in [7, 11) is 0. The Hall–Kier alpha value is -1.33. The minimum Gasteiger partial charge on any atom is -0.503 e. The topological polar surface area (TPSA) is 65.7 Å². The number of piperidine rings is 1. The molecule has 0 atom stereocenters. The van der Waals surface area contributed by atoms with E-state index in [1.54, 1.807) is 0 Å². The highest BCUT2D eigenvalue weighted by Gasteiger charge is 2.18. The molecule has 5 nitrogen and oxygen atoms in total. The van der Waals surface area contributed by atoms with Crippen molar-refractivity contribution in [2.75, 3.05) is 19.7 Å². The van der Waals surface area contributed by atoms with Gasteiger partial charge in [-0.3, -0.25) is 9.69 Å². The van der Waals surface area contributed by atoms with Gasteiger partial charge in [-0.2, -0.15) is 0 Å². The molecule has 0 aromatic carbocycles. The molecule has 0 aliphatic carbocycles. The van der Waals surface area contributed by atoms with Crippen LogP contribution in [0.1, 0.15) is 49.9 Å². The summed E-state index contributed by atoms with van der Waals surface area (Å²) in [5.74, 6) is -0.0988. The molecule has 124 valence electrons. The predicted octanol–water partition coefficient (Wildman–Crippen LogP) is 2.01. The lowest BCUT2D eigenvalue weighted by Gasteiger charge is -2.28. The number of unbranched alkanes of at least 4 members (excludes halogenated alkanes) is 2. The SMILES string of the molecule is Cc1cc(=O)c(O)c(CN2CCCCC2)n1CCCCCO. The molecule has 1 aromatic heterocycles. The van der Waals surface area contributed by atoms with Crippen LogP contribution in [0.2, 0.25) is 0 Å². The first kappa shape index (κ1) is 17.0. The zero-order chi connectivity index (χ0) is 15.9. The van der Waals surface area contributed by atoms with E-state index < -0.39 is 0 Å². The van der Waals surface area contributed by atoms with Gasteiger partial charge >= 0.3 is 0 Å². The summed E-state index contributed by atoms with van der Waals surface area (Å²) in [6.07, 6.45) is 6.33. The molecule has 2 heterocycles. The zero-order valence-electron chi connectivity index (χ0n) is 13.6. The van der Waals surface area contributed by atoms with Crippen molar-refractivity contribution < 1.29 is 10.2 Å². The van der Waals surface area contributed by atoms with Crippen LogP contribution < -0.4 is 5.43 Å². The first-order chi connectivity index (χ1) is 10.6. The van der Waals surface area contributed by atoms with Gasteiger partial charge < -0.3 is 14.8 Å². The number of aromatic hydroxyl groups is 1. The second kappa shape index (κ2) is 8.34. The lowest BCUT2D eigenvalue weighted by Crippen LogP contribution is -2.31. The minimum absolute atomic E-state index is 0.0988. The predicted molar refractivity (Wildman–Crippen MR) is 87.2 cm³/mol. The van der Waals surface area contributed by atoms with E-state index in [2.05, 4.69) is 9.47 Å². The van der Waals surface area contributed by atoms with Crippen molar-refractivity contribution in [1.29, 1.82) is 0 Å². The Labute approximate surface area is 132 Å². The van der Waals surface area contributed by atoms with Gasteiger partial charge in [-0.15, -0.1) is 0 Å². The number of hydrogen-bond acceptors (Lipinski definition) is 4. The van der Waals surface area contributed by atoms with Crippen molar-refractivity contribution in [2.45, 2.75) is 58.5 Å². The molecule has 1 aliphatic rings. The average molecular weight is 308 g/mol. The van der Waals surface area contributed by atoms with Gasteiger partial charge in [0.2, 0.25) is 5.43 Å². The Bertz CT molecular complexity index is 533. The molecule has 0 unspecified atom stereocenters. The van der Waals surface area contributed by atoms with Gasteiger partial charge in [0.1, 0.15) is 0 Å². The summed E-state index contributed by atoms with van der Waals surface area (Å²) >= 11 is 0. The number of aromatic nitrogens is 1. The van der Waals surface area contributed by atoms with Crippen molar-refractivity contribution in [3.05, 3.63) is 27.7 Å². The fourth-order valence-corrected chi connectivity index (χ4v) is 3.18. The van der Waals surface area contributed by atoms with Gasteiger partial charge in [-0.05, 0) is 52.1 Å². The molecular weight excluding hydrogens is 280 g/mol. The number of rotatable bonds is 7. The summed E-state index contributed by atoms with van der Waals surface area (Å²) in [4.78, 5) is 14.2. The first-order valence-corrected chi connectivity index (χ1v) is 8.39. The fourth-order valence-electron chi connectivity index (χ4n) is 3.18. The normalized spacial score (nSPS) is 16.1. The van der Waals surface area contributed by atoms with E-state index in [1.165, 1.54) is 25.3 Å². The maximum atomic E-state index is 11.9. The van der Waals surface area contributed by atoms with E-state index in [-0.39, 0.29) is 17.8 Å². The number of hydrogen-bond donors (Lipinski definition) is 2. The van der Waals surface area contributed by atoms with Gasteiger partial charge in [0.25, 0.3) is 0 Å². The summed E-state index contributed by atoms with van der Waals surface area (Å²) < 4.78 is 2.07. The van der Waals surface area contributed by atoms with Crippen LogP contribution in [0.4, 0.5) is 0 Å². The van der Waals surface area contributed by atoms with E-state index in [1.807, 2.05) is 6.92 Å². The molecule has 1 aliphatic heterocycles. The average Bonchev–Trinajstić information content (AvgIpc) is 2.52. The van der Waals surface area contributed by atoms with Gasteiger partial charge in [-0.25, -0.2) is 0 Å². The van der Waals surface area contributed by atoms with Crippen molar-refractivity contribution in [2.24, 2.45) is 0 Å². The first-order valence-electron chi connectivity index (χ1n) is 8.39. The summed E-state index contributed by atoms with van der Waals surface area (Å²) in [6.45, 7) is 5.63. The van der Waals surface area contributed by atoms with Gasteiger partial charge in [-0.1, -0.05) is 6.42 Å². The van der Waals surface area contributed by atoms with Crippen LogP contribution in [0.15, 0.2) is 10.9 Å². The molecule has 2 rings (SSSR count). The molecule has 1 fully saturated rings. The number of aryl methyl sites for hydroxylation is 1. The standard InChI is InChI=1S/C17H28N2O3/c1-14-12-16(21)17(22)15(13-18-8-4-2-5-9-18)19(14)10-6-3-7-11-20/h12,20,22H,2-11,13H2,1H3. The fraction of sp³-hybridized carbons (Fsp3) is 0.706. The molecule has 2 N–H and O–H groups in total. The van der Waals surface area contributed by atoms with Crippen LogP contribution in [-0.4, -0.2) is 39.4 Å². The van der Waals surface area contributed by atoms with Gasteiger partial charge in [0, 0.05) is 31.5 Å². The van der Waals surface area contributed by atoms with Crippen LogP contribution in [0, 0.1) is 6.92 Å². The van der Waals surface area contributed by atoms with E-state index in [0.717, 1.165) is 50.3 Å².